The van der Waals surface area contributed by atoms with Crippen molar-refractivity contribution >= 4 is 40.9 Å². The fourth-order valence-electron chi connectivity index (χ4n) is 2.25. The summed E-state index contributed by atoms with van der Waals surface area (Å²) in [6.07, 6.45) is 3.10. The van der Waals surface area contributed by atoms with Crippen LogP contribution in [0.4, 0.5) is 11.4 Å². The molecule has 0 aliphatic heterocycles. The lowest BCUT2D eigenvalue weighted by Gasteiger charge is -2.18. The number of ether oxygens (including phenoxy) is 1. The van der Waals surface area contributed by atoms with E-state index < -0.39 is 5.91 Å². The van der Waals surface area contributed by atoms with Gasteiger partial charge in [0.25, 0.3) is 5.91 Å². The van der Waals surface area contributed by atoms with Gasteiger partial charge in [0.2, 0.25) is 5.91 Å². The SMILES string of the molecule is CN(C)c1c(Cl)cccc1NC(=O)C=Cc1ccc(OCC(N)=O)cc1. The van der Waals surface area contributed by atoms with Gasteiger partial charge in [-0.05, 0) is 35.9 Å². The summed E-state index contributed by atoms with van der Waals surface area (Å²) in [5, 5.41) is 3.38. The third kappa shape index (κ3) is 5.53. The van der Waals surface area contributed by atoms with Crippen LogP contribution >= 0.6 is 11.6 Å². The molecule has 0 aromatic heterocycles. The summed E-state index contributed by atoms with van der Waals surface area (Å²) in [4.78, 5) is 24.7. The number of amides is 2. The second kappa shape index (κ2) is 8.92. The number of nitrogens with two attached hydrogens (primary N) is 1. The van der Waals surface area contributed by atoms with Gasteiger partial charge in [-0.1, -0.05) is 29.8 Å². The molecule has 6 nitrogen and oxygen atoms in total. The van der Waals surface area contributed by atoms with E-state index in [4.69, 9.17) is 22.1 Å². The average molecular weight is 374 g/mol. The number of para-hydroxylation sites is 1. The molecule has 2 aromatic rings. The number of anilines is 2. The molecule has 0 heterocycles. The van der Waals surface area contributed by atoms with E-state index in [0.717, 1.165) is 11.3 Å². The van der Waals surface area contributed by atoms with Crippen LogP contribution in [-0.2, 0) is 9.59 Å². The van der Waals surface area contributed by atoms with E-state index in [1.807, 2.05) is 19.0 Å². The molecular formula is C19H20ClN3O3. The predicted octanol–water partition coefficient (Wildman–Crippen LogP) is 2.92. The van der Waals surface area contributed by atoms with Gasteiger partial charge in [-0.2, -0.15) is 0 Å². The van der Waals surface area contributed by atoms with Gasteiger partial charge < -0.3 is 20.7 Å². The molecular weight excluding hydrogens is 354 g/mol. The smallest absolute Gasteiger partial charge is 0.255 e. The van der Waals surface area contributed by atoms with Crippen LogP contribution in [0, 0.1) is 0 Å². The minimum atomic E-state index is -0.538. The van der Waals surface area contributed by atoms with Crippen molar-refractivity contribution in [2.24, 2.45) is 5.73 Å². The molecule has 0 saturated carbocycles. The predicted molar refractivity (Wildman–Crippen MR) is 105 cm³/mol. The normalized spacial score (nSPS) is 10.6. The van der Waals surface area contributed by atoms with E-state index in [1.54, 1.807) is 48.5 Å². The van der Waals surface area contributed by atoms with Crippen molar-refractivity contribution in [3.05, 3.63) is 59.1 Å². The molecule has 3 N–H and O–H groups in total. The first-order valence-electron chi connectivity index (χ1n) is 7.83. The molecule has 0 spiro atoms. The molecule has 0 unspecified atom stereocenters. The lowest BCUT2D eigenvalue weighted by molar-refractivity contribution is -0.120. The molecule has 136 valence electrons. The largest absolute Gasteiger partial charge is 0.484 e. The first-order valence-corrected chi connectivity index (χ1v) is 8.20. The number of rotatable bonds is 7. The highest BCUT2D eigenvalue weighted by molar-refractivity contribution is 6.34. The van der Waals surface area contributed by atoms with Crippen LogP contribution in [0.3, 0.4) is 0 Å². The molecule has 0 radical (unpaired) electrons. The van der Waals surface area contributed by atoms with Crippen molar-refractivity contribution in [2.45, 2.75) is 0 Å². The summed E-state index contributed by atoms with van der Waals surface area (Å²) < 4.78 is 5.18. The maximum Gasteiger partial charge on any atom is 0.255 e. The van der Waals surface area contributed by atoms with Crippen LogP contribution in [0.15, 0.2) is 48.5 Å². The number of halogens is 1. The number of carbonyl (C=O) groups excluding carboxylic acids is 2. The van der Waals surface area contributed by atoms with Crippen molar-refractivity contribution in [1.82, 2.24) is 0 Å². The molecule has 0 bridgehead atoms. The Labute approximate surface area is 157 Å². The Morgan fingerprint density at radius 3 is 2.50 bits per heavy atom. The highest BCUT2D eigenvalue weighted by Crippen LogP contribution is 2.32. The van der Waals surface area contributed by atoms with Crippen molar-refractivity contribution in [1.29, 1.82) is 0 Å². The Bertz CT molecular complexity index is 817. The zero-order valence-electron chi connectivity index (χ0n) is 14.5. The summed E-state index contributed by atoms with van der Waals surface area (Å²) in [7, 11) is 3.71. The fourth-order valence-corrected chi connectivity index (χ4v) is 2.59. The quantitative estimate of drug-likeness (QED) is 0.731. The monoisotopic (exact) mass is 373 g/mol. The first-order chi connectivity index (χ1) is 12.4. The highest BCUT2D eigenvalue weighted by atomic mass is 35.5. The molecule has 0 atom stereocenters. The van der Waals surface area contributed by atoms with Crippen molar-refractivity contribution < 1.29 is 14.3 Å². The molecule has 0 saturated heterocycles. The molecule has 0 aliphatic rings. The number of benzene rings is 2. The van der Waals surface area contributed by atoms with Crippen LogP contribution in [0.1, 0.15) is 5.56 Å². The molecule has 2 rings (SSSR count). The number of carbonyl (C=O) groups is 2. The van der Waals surface area contributed by atoms with Gasteiger partial charge in [0, 0.05) is 20.2 Å². The second-order valence-corrected chi connectivity index (χ2v) is 6.08. The van der Waals surface area contributed by atoms with Crippen molar-refractivity contribution in [3.8, 4) is 5.75 Å². The summed E-state index contributed by atoms with van der Waals surface area (Å²) in [5.41, 5.74) is 7.21. The maximum absolute atomic E-state index is 12.2. The van der Waals surface area contributed by atoms with Gasteiger partial charge in [0.15, 0.2) is 6.61 Å². The number of nitrogens with one attached hydrogen (secondary N) is 1. The standard InChI is InChI=1S/C19H20ClN3O3/c1-23(2)19-15(20)4-3-5-16(19)22-18(25)11-8-13-6-9-14(10-7-13)26-12-17(21)24/h3-11H,12H2,1-2H3,(H2,21,24)(H,22,25). The van der Waals surface area contributed by atoms with Crippen molar-refractivity contribution in [2.75, 3.05) is 30.9 Å². The Morgan fingerprint density at radius 2 is 1.88 bits per heavy atom. The molecule has 26 heavy (non-hydrogen) atoms. The number of hydrogen-bond acceptors (Lipinski definition) is 4. The van der Waals surface area contributed by atoms with E-state index in [2.05, 4.69) is 5.32 Å². The summed E-state index contributed by atoms with van der Waals surface area (Å²) in [5.74, 6) is -0.284. The number of hydrogen-bond donors (Lipinski definition) is 2. The molecule has 0 aliphatic carbocycles. The molecule has 2 aromatic carbocycles. The fraction of sp³-hybridized carbons (Fsp3) is 0.158. The minimum absolute atomic E-state index is 0.175. The van der Waals surface area contributed by atoms with E-state index in [-0.39, 0.29) is 12.5 Å². The summed E-state index contributed by atoms with van der Waals surface area (Å²) in [6.45, 7) is -0.175. The molecule has 7 heteroatoms. The average Bonchev–Trinajstić information content (AvgIpc) is 2.58. The second-order valence-electron chi connectivity index (χ2n) is 5.68. The van der Waals surface area contributed by atoms with Gasteiger partial charge in [-0.3, -0.25) is 9.59 Å². The van der Waals surface area contributed by atoms with Crippen LogP contribution in [-0.4, -0.2) is 32.5 Å². The van der Waals surface area contributed by atoms with Gasteiger partial charge in [0.1, 0.15) is 5.75 Å². The number of primary amides is 1. The van der Waals surface area contributed by atoms with E-state index in [0.29, 0.717) is 16.5 Å². The Balaban J connectivity index is 2.02. The highest BCUT2D eigenvalue weighted by Gasteiger charge is 2.10. The zero-order chi connectivity index (χ0) is 19.1. The Morgan fingerprint density at radius 1 is 1.19 bits per heavy atom. The van der Waals surface area contributed by atoms with Crippen molar-refractivity contribution in [3.63, 3.8) is 0 Å². The lowest BCUT2D eigenvalue weighted by atomic mass is 10.2. The minimum Gasteiger partial charge on any atom is -0.484 e. The zero-order valence-corrected chi connectivity index (χ0v) is 15.3. The summed E-state index contributed by atoms with van der Waals surface area (Å²) >= 11 is 6.19. The third-order valence-electron chi connectivity index (χ3n) is 3.38. The lowest BCUT2D eigenvalue weighted by Crippen LogP contribution is -2.19. The van der Waals surface area contributed by atoms with Gasteiger partial charge in [0.05, 0.1) is 16.4 Å². The third-order valence-corrected chi connectivity index (χ3v) is 3.69. The van der Waals surface area contributed by atoms with Gasteiger partial charge in [-0.25, -0.2) is 0 Å². The van der Waals surface area contributed by atoms with E-state index in [9.17, 15) is 9.59 Å². The molecule has 0 fully saturated rings. The van der Waals surface area contributed by atoms with Crippen LogP contribution in [0.2, 0.25) is 5.02 Å². The van der Waals surface area contributed by atoms with Crippen LogP contribution in [0.5, 0.6) is 5.75 Å². The molecule has 2 amide bonds. The number of nitrogens with zero attached hydrogens (tertiary/aromatic N) is 1. The topological polar surface area (TPSA) is 84.7 Å². The van der Waals surface area contributed by atoms with E-state index in [1.165, 1.54) is 6.08 Å². The van der Waals surface area contributed by atoms with Crippen LogP contribution in [0.25, 0.3) is 6.08 Å². The Kier molecular flexibility index (Phi) is 6.63. The van der Waals surface area contributed by atoms with Gasteiger partial charge >= 0.3 is 0 Å². The first kappa shape index (κ1) is 19.3. The van der Waals surface area contributed by atoms with E-state index >= 15 is 0 Å². The maximum atomic E-state index is 12.2. The van der Waals surface area contributed by atoms with Crippen LogP contribution < -0.4 is 20.7 Å². The summed E-state index contributed by atoms with van der Waals surface area (Å²) in [6, 6.07) is 12.3. The van der Waals surface area contributed by atoms with Gasteiger partial charge in [-0.15, -0.1) is 0 Å². The Hall–Kier alpha value is -2.99.